The quantitative estimate of drug-likeness (QED) is 0.283. The Morgan fingerprint density at radius 2 is 1.69 bits per heavy atom. The lowest BCUT2D eigenvalue weighted by Crippen LogP contribution is -2.41. The van der Waals surface area contributed by atoms with Crippen molar-refractivity contribution >= 4 is 39.1 Å². The molecule has 7 nitrogen and oxygen atoms in total. The minimum atomic E-state index is -3.18. The van der Waals surface area contributed by atoms with E-state index >= 15 is 0 Å². The first kappa shape index (κ1) is 27.7. The number of benzene rings is 3. The highest BCUT2D eigenvalue weighted by molar-refractivity contribution is 9.10. The molecule has 0 atom stereocenters. The fourth-order valence-electron chi connectivity index (χ4n) is 4.15. The lowest BCUT2D eigenvalue weighted by atomic mass is 10.00. The molecule has 0 spiro atoms. The molecule has 198 valence electrons. The average Bonchev–Trinajstić information content (AvgIpc) is 3.38. The van der Waals surface area contributed by atoms with E-state index in [0.29, 0.717) is 22.3 Å². The maximum atomic E-state index is 14.9. The standard InChI is InChI=1S/C27H18BrF2N5O2.C2H6/c28-22-11-6-17(14-18(22)15-31)25(36)33-23-16-32-35-13-12-34(26(37)24(23)35)21-9-7-20(8-10-21)27(29,30)19-4-2-1-3-5-19;1-2/h1-11,14,16H,12-13H2,(H,33,36);1-2H3. The van der Waals surface area contributed by atoms with Crippen LogP contribution < -0.4 is 10.2 Å². The van der Waals surface area contributed by atoms with Gasteiger partial charge in [-0.3, -0.25) is 14.3 Å². The van der Waals surface area contributed by atoms with Gasteiger partial charge >= 0.3 is 0 Å². The normalized spacial score (nSPS) is 12.6. The Morgan fingerprint density at radius 1 is 1.03 bits per heavy atom. The summed E-state index contributed by atoms with van der Waals surface area (Å²) in [5.41, 5.74) is 1.09. The molecular formula is C29H24BrF2N5O2. The van der Waals surface area contributed by atoms with Crippen LogP contribution in [0.4, 0.5) is 20.2 Å². The van der Waals surface area contributed by atoms with Gasteiger partial charge in [-0.25, -0.2) is 0 Å². The zero-order valence-electron chi connectivity index (χ0n) is 21.2. The molecule has 0 bridgehead atoms. The van der Waals surface area contributed by atoms with Gasteiger partial charge in [0.25, 0.3) is 17.7 Å². The molecule has 0 radical (unpaired) electrons. The zero-order valence-corrected chi connectivity index (χ0v) is 22.7. The summed E-state index contributed by atoms with van der Waals surface area (Å²) < 4.78 is 31.9. The van der Waals surface area contributed by atoms with Crippen LogP contribution >= 0.6 is 15.9 Å². The van der Waals surface area contributed by atoms with Crippen molar-refractivity contribution in [1.29, 1.82) is 5.26 Å². The van der Waals surface area contributed by atoms with Crippen molar-refractivity contribution in [2.75, 3.05) is 16.8 Å². The smallest absolute Gasteiger partial charge is 0.298 e. The number of carbonyl (C=O) groups excluding carboxylic acids is 2. The summed E-state index contributed by atoms with van der Waals surface area (Å²) in [6, 6.07) is 19.7. The van der Waals surface area contributed by atoms with Gasteiger partial charge in [-0.2, -0.15) is 19.1 Å². The second kappa shape index (κ2) is 11.6. The molecule has 0 fully saturated rings. The van der Waals surface area contributed by atoms with Crippen molar-refractivity contribution in [1.82, 2.24) is 9.78 Å². The van der Waals surface area contributed by atoms with Crippen LogP contribution in [0.25, 0.3) is 0 Å². The Hall–Kier alpha value is -4.36. The third-order valence-corrected chi connectivity index (χ3v) is 6.79. The molecule has 39 heavy (non-hydrogen) atoms. The van der Waals surface area contributed by atoms with E-state index in [4.69, 9.17) is 0 Å². The van der Waals surface area contributed by atoms with Crippen LogP contribution in [-0.2, 0) is 12.5 Å². The number of rotatable bonds is 5. The Bertz CT molecular complexity index is 1550. The second-order valence-electron chi connectivity index (χ2n) is 8.33. The van der Waals surface area contributed by atoms with Crippen molar-refractivity contribution in [3.05, 3.63) is 111 Å². The lowest BCUT2D eigenvalue weighted by Gasteiger charge is -2.28. The first-order valence-electron chi connectivity index (χ1n) is 12.2. The third kappa shape index (κ3) is 5.45. The van der Waals surface area contributed by atoms with E-state index in [1.165, 1.54) is 58.2 Å². The van der Waals surface area contributed by atoms with Crippen LogP contribution in [0.1, 0.15) is 51.4 Å². The van der Waals surface area contributed by atoms with Gasteiger partial charge in [0.1, 0.15) is 11.8 Å². The molecule has 1 N–H and O–H groups in total. The Labute approximate surface area is 232 Å². The van der Waals surface area contributed by atoms with Crippen molar-refractivity contribution < 1.29 is 18.4 Å². The summed E-state index contributed by atoms with van der Waals surface area (Å²) in [6.07, 6.45) is 1.39. The lowest BCUT2D eigenvalue weighted by molar-refractivity contribution is 0.0428. The van der Waals surface area contributed by atoms with E-state index in [-0.39, 0.29) is 34.6 Å². The Kier molecular flexibility index (Phi) is 8.21. The second-order valence-corrected chi connectivity index (χ2v) is 9.19. The number of nitrogens with one attached hydrogen (secondary N) is 1. The van der Waals surface area contributed by atoms with Crippen molar-refractivity contribution in [2.45, 2.75) is 26.3 Å². The van der Waals surface area contributed by atoms with Gasteiger partial charge in [-0.15, -0.1) is 0 Å². The fraction of sp³-hybridized carbons (Fsp3) is 0.172. The largest absolute Gasteiger partial charge is 0.319 e. The first-order valence-corrected chi connectivity index (χ1v) is 13.0. The van der Waals surface area contributed by atoms with Gasteiger partial charge < -0.3 is 10.2 Å². The van der Waals surface area contributed by atoms with E-state index < -0.39 is 17.7 Å². The molecule has 1 aliphatic rings. The van der Waals surface area contributed by atoms with Gasteiger partial charge in [-0.1, -0.05) is 56.3 Å². The number of anilines is 2. The Morgan fingerprint density at radius 3 is 2.36 bits per heavy atom. The van der Waals surface area contributed by atoms with Crippen molar-refractivity contribution in [3.63, 3.8) is 0 Å². The van der Waals surface area contributed by atoms with Crippen molar-refractivity contribution in [3.8, 4) is 6.07 Å². The number of aromatic nitrogens is 2. The van der Waals surface area contributed by atoms with E-state index in [9.17, 15) is 23.6 Å². The molecule has 1 aliphatic heterocycles. The molecule has 0 unspecified atom stereocenters. The molecule has 0 saturated carbocycles. The van der Waals surface area contributed by atoms with Gasteiger partial charge in [0, 0.05) is 33.4 Å². The number of carbonyl (C=O) groups is 2. The highest BCUT2D eigenvalue weighted by Crippen LogP contribution is 2.36. The summed E-state index contributed by atoms with van der Waals surface area (Å²) in [5.74, 6) is -4.10. The van der Waals surface area contributed by atoms with Gasteiger partial charge in [0.2, 0.25) is 0 Å². The molecule has 2 amide bonds. The molecule has 0 aliphatic carbocycles. The summed E-state index contributed by atoms with van der Waals surface area (Å²) >= 11 is 3.25. The van der Waals surface area contributed by atoms with E-state index in [2.05, 4.69) is 26.3 Å². The van der Waals surface area contributed by atoms with Crippen LogP contribution in [0.3, 0.4) is 0 Å². The van der Waals surface area contributed by atoms with Crippen LogP contribution in [-0.4, -0.2) is 28.1 Å². The zero-order chi connectivity index (χ0) is 28.2. The molecule has 1 aromatic heterocycles. The molecule has 10 heteroatoms. The summed E-state index contributed by atoms with van der Waals surface area (Å²) in [6.45, 7) is 4.64. The minimum absolute atomic E-state index is 0.117. The van der Waals surface area contributed by atoms with Crippen molar-refractivity contribution in [2.24, 2.45) is 0 Å². The number of hydrogen-bond donors (Lipinski definition) is 1. The van der Waals surface area contributed by atoms with Crippen LogP contribution in [0.2, 0.25) is 0 Å². The van der Waals surface area contributed by atoms with Crippen LogP contribution in [0, 0.1) is 11.3 Å². The molecular weight excluding hydrogens is 568 g/mol. The minimum Gasteiger partial charge on any atom is -0.319 e. The van der Waals surface area contributed by atoms with Crippen LogP contribution in [0.5, 0.6) is 0 Å². The highest BCUT2D eigenvalue weighted by Gasteiger charge is 2.35. The summed E-state index contributed by atoms with van der Waals surface area (Å²) in [5, 5.41) is 16.1. The number of halogens is 3. The molecule has 4 aromatic rings. The molecule has 5 rings (SSSR count). The van der Waals surface area contributed by atoms with Crippen LogP contribution in [0.15, 0.2) is 83.5 Å². The summed E-state index contributed by atoms with van der Waals surface area (Å²) in [7, 11) is 0. The molecule has 3 aromatic carbocycles. The number of nitrogens with zero attached hydrogens (tertiary/aromatic N) is 4. The monoisotopic (exact) mass is 591 g/mol. The predicted molar refractivity (Wildman–Crippen MR) is 148 cm³/mol. The number of amides is 2. The Balaban J connectivity index is 0.00000172. The topological polar surface area (TPSA) is 91.0 Å². The van der Waals surface area contributed by atoms with Gasteiger partial charge in [-0.05, 0) is 46.3 Å². The number of nitriles is 1. The predicted octanol–water partition coefficient (Wildman–Crippen LogP) is 6.60. The van der Waals surface area contributed by atoms with Gasteiger partial charge in [0.15, 0.2) is 0 Å². The first-order chi connectivity index (χ1) is 18.8. The SMILES string of the molecule is CC.N#Cc1cc(C(=O)Nc2cnn3c2C(=O)N(c2ccc(C(F)(F)c4ccccc4)cc2)CC3)ccc1Br. The molecule has 2 heterocycles. The average molecular weight is 592 g/mol. The van der Waals surface area contributed by atoms with E-state index in [0.717, 1.165) is 0 Å². The van der Waals surface area contributed by atoms with E-state index in [1.807, 2.05) is 19.9 Å². The number of fused-ring (bicyclic) bond motifs is 1. The molecule has 0 saturated heterocycles. The maximum absolute atomic E-state index is 14.9. The third-order valence-electron chi connectivity index (χ3n) is 6.10. The summed E-state index contributed by atoms with van der Waals surface area (Å²) in [4.78, 5) is 27.7. The maximum Gasteiger partial charge on any atom is 0.298 e. The number of alkyl halides is 2. The van der Waals surface area contributed by atoms with Gasteiger partial charge in [0.05, 0.1) is 24.0 Å². The number of hydrogen-bond acceptors (Lipinski definition) is 4. The highest BCUT2D eigenvalue weighted by atomic mass is 79.9. The van der Waals surface area contributed by atoms with E-state index in [1.54, 1.807) is 30.3 Å². The fourth-order valence-corrected chi connectivity index (χ4v) is 4.49.